The van der Waals surface area contributed by atoms with Crippen LogP contribution in [-0.4, -0.2) is 35.6 Å². The predicted molar refractivity (Wildman–Crippen MR) is 62.0 cm³/mol. The van der Waals surface area contributed by atoms with Crippen molar-refractivity contribution in [3.8, 4) is 0 Å². The Bertz CT molecular complexity index is 710. The fourth-order valence-electron chi connectivity index (χ4n) is 1.37. The van der Waals surface area contributed by atoms with E-state index >= 15 is 0 Å². The van der Waals surface area contributed by atoms with Gasteiger partial charge < -0.3 is 4.74 Å². The average Bonchev–Trinajstić information content (AvgIpc) is 2.74. The van der Waals surface area contributed by atoms with Crippen LogP contribution < -0.4 is 0 Å². The third-order valence-corrected chi connectivity index (χ3v) is 3.33. The molecule has 96 valence electrons. The van der Waals surface area contributed by atoms with E-state index in [4.69, 9.17) is 15.4 Å². The van der Waals surface area contributed by atoms with Crippen molar-refractivity contribution in [1.82, 2.24) is 14.6 Å². The van der Waals surface area contributed by atoms with Crippen molar-refractivity contribution in [3.05, 3.63) is 24.0 Å². The topological polar surface area (TPSA) is 90.6 Å². The number of ether oxygens (including phenoxy) is 1. The second kappa shape index (κ2) is 4.54. The van der Waals surface area contributed by atoms with Gasteiger partial charge in [0.1, 0.15) is 0 Å². The molecule has 0 atom stereocenters. The largest absolute Gasteiger partial charge is 0.461 e. The van der Waals surface area contributed by atoms with Crippen molar-refractivity contribution in [2.24, 2.45) is 0 Å². The molecular formula is C9H8ClN3O4S. The van der Waals surface area contributed by atoms with Crippen LogP contribution in [0.1, 0.15) is 17.4 Å². The predicted octanol–water partition coefficient (Wildman–Crippen LogP) is 0.833. The third-order valence-electron chi connectivity index (χ3n) is 2.06. The maximum absolute atomic E-state index is 11.5. The molecule has 0 saturated carbocycles. The fourth-order valence-corrected chi connectivity index (χ4v) is 2.30. The van der Waals surface area contributed by atoms with E-state index in [1.165, 1.54) is 12.3 Å². The zero-order chi connectivity index (χ0) is 13.3. The summed E-state index contributed by atoms with van der Waals surface area (Å²) in [6.07, 6.45) is 1.35. The SMILES string of the molecule is CCOC(=O)c1cc(S(=O)(=O)Cl)n2nccc2n1. The van der Waals surface area contributed by atoms with Gasteiger partial charge in [0.15, 0.2) is 16.4 Å². The highest BCUT2D eigenvalue weighted by molar-refractivity contribution is 8.13. The van der Waals surface area contributed by atoms with Gasteiger partial charge in [-0.25, -0.2) is 22.7 Å². The van der Waals surface area contributed by atoms with Gasteiger partial charge in [-0.05, 0) is 6.92 Å². The van der Waals surface area contributed by atoms with Crippen molar-refractivity contribution < 1.29 is 17.9 Å². The van der Waals surface area contributed by atoms with Crippen LogP contribution in [0.4, 0.5) is 0 Å². The number of hydrogen-bond donors (Lipinski definition) is 0. The average molecular weight is 290 g/mol. The molecule has 2 rings (SSSR count). The van der Waals surface area contributed by atoms with Gasteiger partial charge in [-0.15, -0.1) is 0 Å². The van der Waals surface area contributed by atoms with Crippen LogP contribution in [0.25, 0.3) is 5.65 Å². The highest BCUT2D eigenvalue weighted by atomic mass is 35.7. The Morgan fingerprint density at radius 2 is 2.28 bits per heavy atom. The second-order valence-electron chi connectivity index (χ2n) is 3.24. The summed E-state index contributed by atoms with van der Waals surface area (Å²) in [4.78, 5) is 15.5. The lowest BCUT2D eigenvalue weighted by Crippen LogP contribution is -2.12. The molecule has 0 aliphatic carbocycles. The lowest BCUT2D eigenvalue weighted by Gasteiger charge is -2.04. The molecule has 2 aromatic heterocycles. The van der Waals surface area contributed by atoms with Gasteiger partial charge >= 0.3 is 5.97 Å². The Kier molecular flexibility index (Phi) is 3.22. The van der Waals surface area contributed by atoms with Gasteiger partial charge in [-0.2, -0.15) is 5.10 Å². The lowest BCUT2D eigenvalue weighted by molar-refractivity contribution is 0.0519. The van der Waals surface area contributed by atoms with Crippen molar-refractivity contribution >= 4 is 31.3 Å². The maximum atomic E-state index is 11.5. The standard InChI is InChI=1S/C9H8ClN3O4S/c1-2-17-9(14)6-5-8(18(10,15)16)13-7(12-6)3-4-11-13/h3-5H,2H2,1H3. The van der Waals surface area contributed by atoms with Gasteiger partial charge in [0.2, 0.25) is 0 Å². The van der Waals surface area contributed by atoms with Gasteiger partial charge in [0.05, 0.1) is 12.8 Å². The first-order valence-electron chi connectivity index (χ1n) is 4.90. The zero-order valence-electron chi connectivity index (χ0n) is 9.20. The van der Waals surface area contributed by atoms with E-state index < -0.39 is 15.0 Å². The number of aromatic nitrogens is 3. The molecule has 2 aromatic rings. The summed E-state index contributed by atoms with van der Waals surface area (Å²) < 4.78 is 28.6. The fraction of sp³-hybridized carbons (Fsp3) is 0.222. The highest BCUT2D eigenvalue weighted by Gasteiger charge is 2.20. The normalized spacial score (nSPS) is 11.7. The molecule has 0 fully saturated rings. The Morgan fingerprint density at radius 1 is 1.56 bits per heavy atom. The molecule has 0 amide bonds. The van der Waals surface area contributed by atoms with E-state index in [1.54, 1.807) is 6.92 Å². The van der Waals surface area contributed by atoms with Crippen LogP contribution in [0, 0.1) is 0 Å². The number of fused-ring (bicyclic) bond motifs is 1. The molecule has 18 heavy (non-hydrogen) atoms. The van der Waals surface area contributed by atoms with Crippen molar-refractivity contribution in [3.63, 3.8) is 0 Å². The molecule has 0 aliphatic heterocycles. The van der Waals surface area contributed by atoms with E-state index in [1.807, 2.05) is 0 Å². The van der Waals surface area contributed by atoms with Crippen molar-refractivity contribution in [2.45, 2.75) is 11.9 Å². The quantitative estimate of drug-likeness (QED) is 0.472. The molecule has 0 radical (unpaired) electrons. The molecule has 7 nitrogen and oxygen atoms in total. The Balaban J connectivity index is 2.69. The van der Waals surface area contributed by atoms with Crippen molar-refractivity contribution in [1.29, 1.82) is 0 Å². The number of esters is 1. The Morgan fingerprint density at radius 3 is 2.89 bits per heavy atom. The lowest BCUT2D eigenvalue weighted by atomic mass is 10.4. The minimum atomic E-state index is -4.05. The van der Waals surface area contributed by atoms with E-state index in [0.717, 1.165) is 10.6 Å². The van der Waals surface area contributed by atoms with Gasteiger partial charge in [-0.1, -0.05) is 0 Å². The second-order valence-corrected chi connectivity index (χ2v) is 5.75. The van der Waals surface area contributed by atoms with Crippen LogP contribution in [0.3, 0.4) is 0 Å². The molecule has 0 N–H and O–H groups in total. The molecular weight excluding hydrogens is 282 g/mol. The summed E-state index contributed by atoms with van der Waals surface area (Å²) in [5.74, 6) is -0.720. The molecule has 2 heterocycles. The third kappa shape index (κ3) is 2.29. The number of hydrogen-bond acceptors (Lipinski definition) is 6. The zero-order valence-corrected chi connectivity index (χ0v) is 10.8. The molecule has 0 saturated heterocycles. The van der Waals surface area contributed by atoms with Crippen LogP contribution >= 0.6 is 10.7 Å². The Hall–Kier alpha value is -1.67. The molecule has 0 aliphatic rings. The van der Waals surface area contributed by atoms with E-state index in [2.05, 4.69) is 10.1 Å². The minimum absolute atomic E-state index is 0.135. The number of carbonyl (C=O) groups is 1. The van der Waals surface area contributed by atoms with Crippen LogP contribution in [0.5, 0.6) is 0 Å². The molecule has 0 spiro atoms. The van der Waals surface area contributed by atoms with Crippen LogP contribution in [0.2, 0.25) is 0 Å². The summed E-state index contributed by atoms with van der Waals surface area (Å²) in [7, 11) is 1.23. The number of rotatable bonds is 3. The highest BCUT2D eigenvalue weighted by Crippen LogP contribution is 2.17. The van der Waals surface area contributed by atoms with E-state index in [-0.39, 0.29) is 23.0 Å². The minimum Gasteiger partial charge on any atom is -0.461 e. The first-order valence-corrected chi connectivity index (χ1v) is 7.21. The number of nitrogens with zero attached hydrogens (tertiary/aromatic N) is 3. The monoisotopic (exact) mass is 289 g/mol. The summed E-state index contributed by atoms with van der Waals surface area (Å²) in [5.41, 5.74) is 0.0591. The first-order chi connectivity index (χ1) is 8.43. The molecule has 9 heteroatoms. The van der Waals surface area contributed by atoms with E-state index in [0.29, 0.717) is 0 Å². The maximum Gasteiger partial charge on any atom is 0.357 e. The van der Waals surface area contributed by atoms with Gasteiger partial charge in [-0.3, -0.25) is 0 Å². The summed E-state index contributed by atoms with van der Waals surface area (Å²) in [6.45, 7) is 1.79. The molecule has 0 unspecified atom stereocenters. The summed E-state index contributed by atoms with van der Waals surface area (Å²) in [5, 5.41) is 3.44. The van der Waals surface area contributed by atoms with Crippen molar-refractivity contribution in [2.75, 3.05) is 6.61 Å². The molecule has 0 aromatic carbocycles. The molecule has 0 bridgehead atoms. The van der Waals surface area contributed by atoms with Crippen LogP contribution in [0.15, 0.2) is 23.4 Å². The summed E-state index contributed by atoms with van der Waals surface area (Å²) in [6, 6.07) is 2.48. The van der Waals surface area contributed by atoms with Crippen LogP contribution in [-0.2, 0) is 13.8 Å². The number of carbonyl (C=O) groups excluding carboxylic acids is 1. The summed E-state index contributed by atoms with van der Waals surface area (Å²) >= 11 is 0. The van der Waals surface area contributed by atoms with Gasteiger partial charge in [0, 0.05) is 22.8 Å². The van der Waals surface area contributed by atoms with Gasteiger partial charge in [0.25, 0.3) is 9.05 Å². The first kappa shape index (κ1) is 12.8. The van der Waals surface area contributed by atoms with E-state index in [9.17, 15) is 13.2 Å². The number of halogens is 1. The smallest absolute Gasteiger partial charge is 0.357 e. The Labute approximate surface area is 107 Å².